The summed E-state index contributed by atoms with van der Waals surface area (Å²) in [5.41, 5.74) is 6.08. The molecule has 0 aromatic heterocycles. The first-order chi connectivity index (χ1) is 4.19. The van der Waals surface area contributed by atoms with E-state index in [1.165, 1.54) is 19.3 Å². The Balaban J connectivity index is 2.56. The third-order valence-electron chi connectivity index (χ3n) is 2.60. The molecule has 0 spiro atoms. The van der Waals surface area contributed by atoms with Crippen molar-refractivity contribution in [2.45, 2.75) is 37.8 Å². The molecule has 1 aliphatic rings. The maximum Gasteiger partial charge on any atom is 0.0301 e. The number of nitrogens with one attached hydrogen (secondary N) is 1. The number of hydrogen-bond acceptors (Lipinski definition) is 2. The molecule has 3 N–H and O–H groups in total. The topological polar surface area (TPSA) is 38.0 Å². The smallest absolute Gasteiger partial charge is 0.0301 e. The van der Waals surface area contributed by atoms with E-state index in [0.29, 0.717) is 6.04 Å². The van der Waals surface area contributed by atoms with E-state index in [4.69, 9.17) is 5.73 Å². The fourth-order valence-corrected chi connectivity index (χ4v) is 1.50. The Morgan fingerprint density at radius 3 is 2.56 bits per heavy atom. The van der Waals surface area contributed by atoms with Gasteiger partial charge in [-0.1, -0.05) is 0 Å². The van der Waals surface area contributed by atoms with Gasteiger partial charge in [0.1, 0.15) is 0 Å². The Morgan fingerprint density at radius 1 is 1.67 bits per heavy atom. The van der Waals surface area contributed by atoms with Gasteiger partial charge in [-0.25, -0.2) is 0 Å². The van der Waals surface area contributed by atoms with Crippen LogP contribution in [0.2, 0.25) is 0 Å². The summed E-state index contributed by atoms with van der Waals surface area (Å²) in [4.78, 5) is 0. The van der Waals surface area contributed by atoms with E-state index in [-0.39, 0.29) is 5.54 Å². The quantitative estimate of drug-likeness (QED) is 0.539. The maximum absolute atomic E-state index is 5.86. The van der Waals surface area contributed by atoms with Gasteiger partial charge in [-0.3, -0.25) is 0 Å². The lowest BCUT2D eigenvalue weighted by Crippen LogP contribution is -2.50. The molecule has 1 rings (SSSR count). The summed E-state index contributed by atoms with van der Waals surface area (Å²) in [6.45, 7) is 2.20. The normalized spacial score (nSPS) is 43.7. The molecule has 1 saturated carbocycles. The van der Waals surface area contributed by atoms with Crippen molar-refractivity contribution in [3.05, 3.63) is 0 Å². The van der Waals surface area contributed by atoms with Gasteiger partial charge in [0.15, 0.2) is 0 Å². The van der Waals surface area contributed by atoms with Crippen molar-refractivity contribution < 1.29 is 0 Å². The van der Waals surface area contributed by atoms with Crippen molar-refractivity contribution >= 4 is 0 Å². The van der Waals surface area contributed by atoms with Gasteiger partial charge in [0.05, 0.1) is 0 Å². The lowest BCUT2D eigenvalue weighted by atomic mass is 9.97. The van der Waals surface area contributed by atoms with Crippen LogP contribution in [0.25, 0.3) is 0 Å². The Kier molecular flexibility index (Phi) is 1.78. The summed E-state index contributed by atoms with van der Waals surface area (Å²) >= 11 is 0. The lowest BCUT2D eigenvalue weighted by Gasteiger charge is -2.28. The second kappa shape index (κ2) is 2.27. The molecule has 2 unspecified atom stereocenters. The Bertz CT molecular complexity index is 103. The van der Waals surface area contributed by atoms with Crippen LogP contribution < -0.4 is 11.1 Å². The molecule has 1 fully saturated rings. The van der Waals surface area contributed by atoms with E-state index in [1.807, 2.05) is 7.05 Å². The molecule has 54 valence electrons. The molecular formula is C7H16N2. The van der Waals surface area contributed by atoms with E-state index < -0.39 is 0 Å². The fourth-order valence-electron chi connectivity index (χ4n) is 1.50. The predicted octanol–water partition coefficient (Wildman–Crippen LogP) is 0.476. The summed E-state index contributed by atoms with van der Waals surface area (Å²) in [5, 5.41) is 3.27. The number of nitrogens with two attached hydrogens (primary N) is 1. The monoisotopic (exact) mass is 128 g/mol. The fraction of sp³-hybridized carbons (Fsp3) is 1.00. The van der Waals surface area contributed by atoms with Crippen molar-refractivity contribution in [3.8, 4) is 0 Å². The molecule has 2 atom stereocenters. The molecule has 0 aromatic rings. The highest BCUT2D eigenvalue weighted by atomic mass is 15.0. The molecule has 2 nitrogen and oxygen atoms in total. The number of rotatable bonds is 1. The molecule has 1 aliphatic carbocycles. The van der Waals surface area contributed by atoms with Gasteiger partial charge < -0.3 is 11.1 Å². The molecule has 0 amide bonds. The zero-order valence-corrected chi connectivity index (χ0v) is 6.28. The molecule has 0 heterocycles. The van der Waals surface area contributed by atoms with Crippen molar-refractivity contribution in [2.24, 2.45) is 5.73 Å². The lowest BCUT2D eigenvalue weighted by molar-refractivity contribution is 0.354. The van der Waals surface area contributed by atoms with E-state index >= 15 is 0 Å². The van der Waals surface area contributed by atoms with Crippen LogP contribution in [0.5, 0.6) is 0 Å². The second-order valence-corrected chi connectivity index (χ2v) is 3.17. The molecule has 0 bridgehead atoms. The zero-order chi connectivity index (χ0) is 6.91. The van der Waals surface area contributed by atoms with Crippen LogP contribution in [0.15, 0.2) is 0 Å². The Labute approximate surface area is 56.8 Å². The molecule has 9 heavy (non-hydrogen) atoms. The number of likely N-dealkylation sites (N-methyl/N-ethyl adjacent to an activating group) is 1. The minimum absolute atomic E-state index is 0.222. The third kappa shape index (κ3) is 1.10. The van der Waals surface area contributed by atoms with Gasteiger partial charge in [0, 0.05) is 11.6 Å². The highest BCUT2D eigenvalue weighted by Crippen LogP contribution is 2.27. The van der Waals surface area contributed by atoms with E-state index in [2.05, 4.69) is 12.2 Å². The highest BCUT2D eigenvalue weighted by Gasteiger charge is 2.34. The van der Waals surface area contributed by atoms with E-state index in [9.17, 15) is 0 Å². The standard InChI is InChI=1S/C7H16N2/c1-7(9-2)5-3-4-6(7)8/h6,9H,3-5,8H2,1-2H3. The van der Waals surface area contributed by atoms with Gasteiger partial charge >= 0.3 is 0 Å². The van der Waals surface area contributed by atoms with Gasteiger partial charge in [0.2, 0.25) is 0 Å². The SMILES string of the molecule is CNC1(C)CCCC1N. The summed E-state index contributed by atoms with van der Waals surface area (Å²) < 4.78 is 0. The third-order valence-corrected chi connectivity index (χ3v) is 2.60. The van der Waals surface area contributed by atoms with Gasteiger partial charge in [-0.15, -0.1) is 0 Å². The minimum Gasteiger partial charge on any atom is -0.326 e. The minimum atomic E-state index is 0.222. The highest BCUT2D eigenvalue weighted by molar-refractivity contribution is 4.97. The summed E-state index contributed by atoms with van der Waals surface area (Å²) in [6.07, 6.45) is 3.68. The van der Waals surface area contributed by atoms with Crippen LogP contribution in [-0.2, 0) is 0 Å². The average Bonchev–Trinajstić information content (AvgIpc) is 2.15. The zero-order valence-electron chi connectivity index (χ0n) is 6.28. The van der Waals surface area contributed by atoms with Crippen molar-refractivity contribution in [2.75, 3.05) is 7.05 Å². The van der Waals surface area contributed by atoms with E-state index in [0.717, 1.165) is 0 Å². The van der Waals surface area contributed by atoms with Gasteiger partial charge in [-0.2, -0.15) is 0 Å². The first-order valence-electron chi connectivity index (χ1n) is 3.63. The molecule has 2 heteroatoms. The summed E-state index contributed by atoms with van der Waals surface area (Å²) in [7, 11) is 1.99. The summed E-state index contributed by atoms with van der Waals surface area (Å²) in [6, 6.07) is 0.363. The Morgan fingerprint density at radius 2 is 2.33 bits per heavy atom. The second-order valence-electron chi connectivity index (χ2n) is 3.17. The number of hydrogen-bond donors (Lipinski definition) is 2. The van der Waals surface area contributed by atoms with Gasteiger partial charge in [0.25, 0.3) is 0 Å². The van der Waals surface area contributed by atoms with Crippen molar-refractivity contribution in [1.82, 2.24) is 5.32 Å². The van der Waals surface area contributed by atoms with Crippen molar-refractivity contribution in [3.63, 3.8) is 0 Å². The largest absolute Gasteiger partial charge is 0.326 e. The average molecular weight is 128 g/mol. The summed E-state index contributed by atoms with van der Waals surface area (Å²) in [5.74, 6) is 0. The van der Waals surface area contributed by atoms with Crippen LogP contribution in [0, 0.1) is 0 Å². The molecular weight excluding hydrogens is 112 g/mol. The first kappa shape index (κ1) is 7.03. The predicted molar refractivity (Wildman–Crippen MR) is 39.3 cm³/mol. The van der Waals surface area contributed by atoms with Crippen LogP contribution in [0.1, 0.15) is 26.2 Å². The molecule has 0 radical (unpaired) electrons. The van der Waals surface area contributed by atoms with Crippen LogP contribution in [0.3, 0.4) is 0 Å². The maximum atomic E-state index is 5.86. The van der Waals surface area contributed by atoms with Crippen LogP contribution in [-0.4, -0.2) is 18.6 Å². The van der Waals surface area contributed by atoms with Crippen LogP contribution in [0.4, 0.5) is 0 Å². The van der Waals surface area contributed by atoms with E-state index in [1.54, 1.807) is 0 Å². The van der Waals surface area contributed by atoms with Gasteiger partial charge in [-0.05, 0) is 33.2 Å². The Hall–Kier alpha value is -0.0800. The van der Waals surface area contributed by atoms with Crippen molar-refractivity contribution in [1.29, 1.82) is 0 Å². The molecule has 0 aromatic carbocycles. The first-order valence-corrected chi connectivity index (χ1v) is 3.63. The van der Waals surface area contributed by atoms with Crippen LogP contribution >= 0.6 is 0 Å². The molecule has 0 aliphatic heterocycles. The molecule has 0 saturated heterocycles.